The summed E-state index contributed by atoms with van der Waals surface area (Å²) in [5, 5.41) is 10.9. The SMILES string of the molecule is CCCc1ccc(CCc2nc(OCC3CCCCO3)cc(O)c2-c2ccc(C(F)(F)F)cc2)cc1. The Kier molecular flexibility index (Phi) is 8.52. The van der Waals surface area contributed by atoms with Gasteiger partial charge in [0.1, 0.15) is 12.4 Å². The summed E-state index contributed by atoms with van der Waals surface area (Å²) in [4.78, 5) is 4.67. The molecule has 0 saturated carbocycles. The molecule has 0 bridgehead atoms. The maximum atomic E-state index is 13.1. The second kappa shape index (κ2) is 11.8. The number of rotatable bonds is 9. The molecule has 1 aromatic heterocycles. The van der Waals surface area contributed by atoms with Gasteiger partial charge in [-0.1, -0.05) is 49.7 Å². The monoisotopic (exact) mass is 499 g/mol. The fourth-order valence-corrected chi connectivity index (χ4v) is 4.49. The molecule has 1 N–H and O–H groups in total. The molecule has 1 saturated heterocycles. The summed E-state index contributed by atoms with van der Waals surface area (Å²) in [6.07, 6.45) is 1.87. The van der Waals surface area contributed by atoms with Crippen molar-refractivity contribution in [2.45, 2.75) is 64.1 Å². The highest BCUT2D eigenvalue weighted by molar-refractivity contribution is 5.73. The van der Waals surface area contributed by atoms with Gasteiger partial charge in [-0.05, 0) is 67.3 Å². The summed E-state index contributed by atoms with van der Waals surface area (Å²) in [6, 6.07) is 14.6. The van der Waals surface area contributed by atoms with Crippen LogP contribution in [0.4, 0.5) is 13.2 Å². The third kappa shape index (κ3) is 6.78. The van der Waals surface area contributed by atoms with E-state index in [2.05, 4.69) is 36.2 Å². The highest BCUT2D eigenvalue weighted by atomic mass is 19.4. The minimum atomic E-state index is -4.43. The van der Waals surface area contributed by atoms with Crippen LogP contribution in [0.15, 0.2) is 54.6 Å². The van der Waals surface area contributed by atoms with Crippen LogP contribution in [0, 0.1) is 0 Å². The van der Waals surface area contributed by atoms with Gasteiger partial charge in [0.15, 0.2) is 0 Å². The predicted molar refractivity (Wildman–Crippen MR) is 133 cm³/mol. The lowest BCUT2D eigenvalue weighted by atomic mass is 9.97. The topological polar surface area (TPSA) is 51.6 Å². The molecule has 1 fully saturated rings. The maximum Gasteiger partial charge on any atom is 0.416 e. The van der Waals surface area contributed by atoms with Gasteiger partial charge in [0.2, 0.25) is 5.88 Å². The van der Waals surface area contributed by atoms with Gasteiger partial charge in [-0.15, -0.1) is 0 Å². The van der Waals surface area contributed by atoms with Crippen LogP contribution in [-0.2, 0) is 30.2 Å². The predicted octanol–water partition coefficient (Wildman–Crippen LogP) is 7.16. The van der Waals surface area contributed by atoms with Gasteiger partial charge in [0.05, 0.1) is 17.4 Å². The van der Waals surface area contributed by atoms with E-state index in [4.69, 9.17) is 9.47 Å². The lowest BCUT2D eigenvalue weighted by molar-refractivity contribution is -0.137. The number of nitrogens with zero attached hydrogens (tertiary/aromatic N) is 1. The molecule has 0 amide bonds. The largest absolute Gasteiger partial charge is 0.507 e. The maximum absolute atomic E-state index is 13.1. The number of pyridine rings is 1. The average molecular weight is 500 g/mol. The molecule has 0 radical (unpaired) electrons. The van der Waals surface area contributed by atoms with E-state index < -0.39 is 11.7 Å². The van der Waals surface area contributed by atoms with Gasteiger partial charge >= 0.3 is 6.18 Å². The van der Waals surface area contributed by atoms with E-state index in [-0.39, 0.29) is 17.7 Å². The third-order valence-corrected chi connectivity index (χ3v) is 6.45. The second-order valence-corrected chi connectivity index (χ2v) is 9.24. The molecule has 2 heterocycles. The van der Waals surface area contributed by atoms with Crippen molar-refractivity contribution in [1.29, 1.82) is 0 Å². The zero-order valence-electron chi connectivity index (χ0n) is 20.5. The molecule has 1 aliphatic rings. The first-order valence-corrected chi connectivity index (χ1v) is 12.6. The Balaban J connectivity index is 1.59. The number of aromatic hydroxyl groups is 1. The first-order chi connectivity index (χ1) is 17.3. The molecule has 0 spiro atoms. The van der Waals surface area contributed by atoms with Crippen molar-refractivity contribution in [3.05, 3.63) is 77.0 Å². The number of alkyl halides is 3. The minimum Gasteiger partial charge on any atom is -0.507 e. The molecule has 3 aromatic rings. The standard InChI is InChI=1S/C29H32F3NO3/c1-2-5-20-7-9-21(10-8-20)11-16-25-28(22-12-14-23(15-13-22)29(30,31)32)26(34)18-27(33-25)36-19-24-6-3-4-17-35-24/h7-10,12-15,18,24H,2-6,11,16-17,19H2,1H3,(H,33,34). The molecule has 2 aromatic carbocycles. The first kappa shape index (κ1) is 26.0. The summed E-state index contributed by atoms with van der Waals surface area (Å²) >= 11 is 0. The number of benzene rings is 2. The van der Waals surface area contributed by atoms with Crippen LogP contribution in [0.5, 0.6) is 11.6 Å². The van der Waals surface area contributed by atoms with Gasteiger partial charge in [-0.2, -0.15) is 13.2 Å². The fraction of sp³-hybridized carbons (Fsp3) is 0.414. The zero-order valence-corrected chi connectivity index (χ0v) is 20.5. The van der Waals surface area contributed by atoms with Crippen LogP contribution in [0.1, 0.15) is 55.0 Å². The Hall–Kier alpha value is -3.06. The van der Waals surface area contributed by atoms with Gasteiger partial charge in [-0.3, -0.25) is 0 Å². The number of hydrogen-bond donors (Lipinski definition) is 1. The smallest absolute Gasteiger partial charge is 0.416 e. The summed E-state index contributed by atoms with van der Waals surface area (Å²) in [5.41, 5.74) is 3.14. The molecule has 1 aliphatic heterocycles. The summed E-state index contributed by atoms with van der Waals surface area (Å²) in [6.45, 7) is 3.19. The van der Waals surface area contributed by atoms with E-state index in [0.29, 0.717) is 42.9 Å². The van der Waals surface area contributed by atoms with E-state index in [1.54, 1.807) is 0 Å². The molecule has 192 valence electrons. The Morgan fingerprint density at radius 2 is 1.67 bits per heavy atom. The number of halogens is 3. The zero-order chi connectivity index (χ0) is 25.5. The minimum absolute atomic E-state index is 0.0117. The van der Waals surface area contributed by atoms with Crippen LogP contribution in [0.2, 0.25) is 0 Å². The number of ether oxygens (including phenoxy) is 2. The molecule has 4 rings (SSSR count). The number of aromatic nitrogens is 1. The van der Waals surface area contributed by atoms with Crippen LogP contribution in [0.25, 0.3) is 11.1 Å². The Bertz CT molecular complexity index is 1120. The van der Waals surface area contributed by atoms with Gasteiger partial charge in [-0.25, -0.2) is 4.98 Å². The Labute approximate surface area is 210 Å². The molecular formula is C29H32F3NO3. The van der Waals surface area contributed by atoms with Crippen LogP contribution >= 0.6 is 0 Å². The summed E-state index contributed by atoms with van der Waals surface area (Å²) in [7, 11) is 0. The molecule has 0 aliphatic carbocycles. The quantitative estimate of drug-likeness (QED) is 0.339. The van der Waals surface area contributed by atoms with Crippen molar-refractivity contribution in [1.82, 2.24) is 4.98 Å². The van der Waals surface area contributed by atoms with E-state index in [1.807, 2.05) is 0 Å². The first-order valence-electron chi connectivity index (χ1n) is 12.6. The Morgan fingerprint density at radius 1 is 0.972 bits per heavy atom. The number of aryl methyl sites for hydroxylation is 3. The van der Waals surface area contributed by atoms with Crippen molar-refractivity contribution in [2.24, 2.45) is 0 Å². The van der Waals surface area contributed by atoms with Crippen LogP contribution < -0.4 is 4.74 Å². The van der Waals surface area contributed by atoms with E-state index in [0.717, 1.165) is 49.8 Å². The third-order valence-electron chi connectivity index (χ3n) is 6.45. The summed E-state index contributed by atoms with van der Waals surface area (Å²) < 4.78 is 50.8. The van der Waals surface area contributed by atoms with Gasteiger partial charge in [0, 0.05) is 18.2 Å². The van der Waals surface area contributed by atoms with E-state index >= 15 is 0 Å². The van der Waals surface area contributed by atoms with Crippen molar-refractivity contribution >= 4 is 0 Å². The second-order valence-electron chi connectivity index (χ2n) is 9.24. The average Bonchev–Trinajstić information content (AvgIpc) is 2.87. The van der Waals surface area contributed by atoms with Crippen LogP contribution in [-0.4, -0.2) is 29.4 Å². The van der Waals surface area contributed by atoms with E-state index in [1.165, 1.54) is 23.8 Å². The van der Waals surface area contributed by atoms with Crippen molar-refractivity contribution in [2.75, 3.05) is 13.2 Å². The van der Waals surface area contributed by atoms with E-state index in [9.17, 15) is 18.3 Å². The lowest BCUT2D eigenvalue weighted by Crippen LogP contribution is -2.26. The normalized spacial score (nSPS) is 16.2. The Morgan fingerprint density at radius 3 is 2.28 bits per heavy atom. The molecule has 36 heavy (non-hydrogen) atoms. The summed E-state index contributed by atoms with van der Waals surface area (Å²) in [5.74, 6) is 0.211. The molecular weight excluding hydrogens is 467 g/mol. The lowest BCUT2D eigenvalue weighted by Gasteiger charge is -2.22. The molecule has 4 nitrogen and oxygen atoms in total. The highest BCUT2D eigenvalue weighted by Gasteiger charge is 2.30. The van der Waals surface area contributed by atoms with Crippen LogP contribution in [0.3, 0.4) is 0 Å². The molecule has 7 heteroatoms. The fourth-order valence-electron chi connectivity index (χ4n) is 4.49. The van der Waals surface area contributed by atoms with Gasteiger partial charge in [0.25, 0.3) is 0 Å². The number of hydrogen-bond acceptors (Lipinski definition) is 4. The van der Waals surface area contributed by atoms with Crippen molar-refractivity contribution in [3.8, 4) is 22.8 Å². The van der Waals surface area contributed by atoms with Gasteiger partial charge < -0.3 is 14.6 Å². The van der Waals surface area contributed by atoms with Crippen molar-refractivity contribution in [3.63, 3.8) is 0 Å². The van der Waals surface area contributed by atoms with Crippen molar-refractivity contribution < 1.29 is 27.8 Å². The molecule has 1 unspecified atom stereocenters. The highest BCUT2D eigenvalue weighted by Crippen LogP contribution is 2.37. The molecule has 1 atom stereocenters.